The highest BCUT2D eigenvalue weighted by atomic mass is 32.2. The Kier molecular flexibility index (Phi) is 5.71. The number of ether oxygens (including phenoxy) is 1. The van der Waals surface area contributed by atoms with Gasteiger partial charge in [-0.3, -0.25) is 0 Å². The Bertz CT molecular complexity index is 544. The third-order valence-corrected chi connectivity index (χ3v) is 6.04. The lowest BCUT2D eigenvalue weighted by atomic mass is 10.1. The summed E-state index contributed by atoms with van der Waals surface area (Å²) in [4.78, 5) is 0. The zero-order chi connectivity index (χ0) is 14.5. The second-order valence-corrected chi connectivity index (χ2v) is 7.82. The minimum absolute atomic E-state index is 0.0486. The van der Waals surface area contributed by atoms with E-state index in [-0.39, 0.29) is 11.3 Å². The average molecular weight is 328 g/mol. The number of nitrogens with two attached hydrogens (primary N) is 1. The van der Waals surface area contributed by atoms with Crippen LogP contribution in [0.3, 0.4) is 0 Å². The van der Waals surface area contributed by atoms with Crippen LogP contribution in [0.15, 0.2) is 32.9 Å². The number of aromatic nitrogens is 2. The molecule has 1 aromatic carbocycles. The van der Waals surface area contributed by atoms with Crippen LogP contribution < -0.4 is 10.5 Å². The lowest BCUT2D eigenvalue weighted by Gasteiger charge is -2.18. The first kappa shape index (κ1) is 15.6. The van der Waals surface area contributed by atoms with E-state index in [2.05, 4.69) is 17.1 Å². The van der Waals surface area contributed by atoms with Crippen LogP contribution in [-0.2, 0) is 0 Å². The fourth-order valence-electron chi connectivity index (χ4n) is 1.66. The largest absolute Gasteiger partial charge is 0.497 e. The lowest BCUT2D eigenvalue weighted by molar-refractivity contribution is 0.414. The summed E-state index contributed by atoms with van der Waals surface area (Å²) in [6.07, 6.45) is 2.00. The molecular formula is C13H17N3OS3. The lowest BCUT2D eigenvalue weighted by Crippen LogP contribution is -2.20. The Morgan fingerprint density at radius 3 is 2.40 bits per heavy atom. The second kappa shape index (κ2) is 7.31. The third-order valence-electron chi connectivity index (χ3n) is 2.86. The summed E-state index contributed by atoms with van der Waals surface area (Å²) < 4.78 is 7.10. The molecule has 2 N–H and O–H groups in total. The van der Waals surface area contributed by atoms with Crippen molar-refractivity contribution in [2.24, 2.45) is 5.73 Å². The van der Waals surface area contributed by atoms with Crippen molar-refractivity contribution in [1.29, 1.82) is 0 Å². The summed E-state index contributed by atoms with van der Waals surface area (Å²) in [5.41, 5.74) is 7.40. The molecule has 2 aromatic rings. The Balaban J connectivity index is 2.01. The maximum Gasteiger partial charge on any atom is 0.175 e. The van der Waals surface area contributed by atoms with Crippen molar-refractivity contribution in [2.45, 2.75) is 26.9 Å². The Labute approximate surface area is 131 Å². The maximum atomic E-state index is 6.31. The van der Waals surface area contributed by atoms with E-state index in [1.165, 1.54) is 0 Å². The van der Waals surface area contributed by atoms with Gasteiger partial charge in [0.05, 0.1) is 7.11 Å². The normalized spacial score (nSPS) is 14.0. The molecule has 0 fully saturated rings. The molecule has 0 aliphatic heterocycles. The minimum Gasteiger partial charge on any atom is -0.497 e. The maximum absolute atomic E-state index is 6.31. The van der Waals surface area contributed by atoms with Gasteiger partial charge in [-0.2, -0.15) is 0 Å². The zero-order valence-electron chi connectivity index (χ0n) is 11.6. The summed E-state index contributed by atoms with van der Waals surface area (Å²) >= 11 is 4.89. The highest BCUT2D eigenvalue weighted by Crippen LogP contribution is 2.34. The van der Waals surface area contributed by atoms with E-state index in [9.17, 15) is 0 Å². The molecule has 1 aromatic heterocycles. The van der Waals surface area contributed by atoms with Crippen LogP contribution in [0.25, 0.3) is 0 Å². The Hall–Kier alpha value is -0.760. The van der Waals surface area contributed by atoms with Crippen LogP contribution in [0.4, 0.5) is 0 Å². The summed E-state index contributed by atoms with van der Waals surface area (Å²) in [5, 5.41) is 8.49. The van der Waals surface area contributed by atoms with Crippen LogP contribution in [0.2, 0.25) is 0 Å². The quantitative estimate of drug-likeness (QED) is 0.820. The van der Waals surface area contributed by atoms with E-state index in [0.29, 0.717) is 0 Å². The zero-order valence-corrected chi connectivity index (χ0v) is 14.0. The monoisotopic (exact) mass is 327 g/mol. The first-order chi connectivity index (χ1) is 9.63. The van der Waals surface area contributed by atoms with Gasteiger partial charge in [-0.25, -0.2) is 0 Å². The molecule has 2 unspecified atom stereocenters. The molecule has 108 valence electrons. The number of thioether (sulfide) groups is 2. The van der Waals surface area contributed by atoms with Crippen molar-refractivity contribution in [3.8, 4) is 5.75 Å². The predicted octanol–water partition coefficient (Wildman–Crippen LogP) is 3.45. The molecule has 2 rings (SSSR count). The van der Waals surface area contributed by atoms with Gasteiger partial charge in [0.15, 0.2) is 8.68 Å². The van der Waals surface area contributed by atoms with Crippen LogP contribution in [0, 0.1) is 0 Å². The van der Waals surface area contributed by atoms with Crippen LogP contribution in [0.5, 0.6) is 5.75 Å². The van der Waals surface area contributed by atoms with Crippen LogP contribution in [0.1, 0.15) is 18.5 Å². The van der Waals surface area contributed by atoms with Crippen molar-refractivity contribution in [3.63, 3.8) is 0 Å². The molecule has 0 spiro atoms. The van der Waals surface area contributed by atoms with Crippen LogP contribution >= 0.6 is 34.9 Å². The molecule has 0 saturated carbocycles. The molecule has 7 heteroatoms. The standard InChI is InChI=1S/C13H17N3OS3/c1-8(19-13-16-15-12(18-3)20-13)11(14)9-4-6-10(17-2)7-5-9/h4-8,11H,14H2,1-3H3. The number of methoxy groups -OCH3 is 1. The van der Waals surface area contributed by atoms with E-state index in [1.807, 2.05) is 30.5 Å². The van der Waals surface area contributed by atoms with E-state index >= 15 is 0 Å². The van der Waals surface area contributed by atoms with Crippen molar-refractivity contribution in [1.82, 2.24) is 10.2 Å². The molecule has 0 saturated heterocycles. The Morgan fingerprint density at radius 2 is 1.85 bits per heavy atom. The highest BCUT2D eigenvalue weighted by Gasteiger charge is 2.18. The average Bonchev–Trinajstić information content (AvgIpc) is 2.94. The van der Waals surface area contributed by atoms with Gasteiger partial charge in [-0.15, -0.1) is 10.2 Å². The van der Waals surface area contributed by atoms with E-state index < -0.39 is 0 Å². The van der Waals surface area contributed by atoms with Crippen molar-refractivity contribution in [3.05, 3.63) is 29.8 Å². The summed E-state index contributed by atoms with van der Waals surface area (Å²) in [6.45, 7) is 2.11. The SMILES string of the molecule is COc1ccc(C(N)C(C)Sc2nnc(SC)s2)cc1. The van der Waals surface area contributed by atoms with E-state index in [4.69, 9.17) is 10.5 Å². The van der Waals surface area contributed by atoms with Gasteiger partial charge in [0.25, 0.3) is 0 Å². The second-order valence-electron chi connectivity index (χ2n) is 4.16. The molecule has 2 atom stereocenters. The topological polar surface area (TPSA) is 61.0 Å². The van der Waals surface area contributed by atoms with Gasteiger partial charge >= 0.3 is 0 Å². The molecular weight excluding hydrogens is 310 g/mol. The highest BCUT2D eigenvalue weighted by molar-refractivity contribution is 8.03. The number of nitrogens with zero attached hydrogens (tertiary/aromatic N) is 2. The molecule has 0 aliphatic rings. The van der Waals surface area contributed by atoms with Crippen molar-refractivity contribution >= 4 is 34.9 Å². The first-order valence-corrected chi connectivity index (χ1v) is 8.99. The minimum atomic E-state index is -0.0486. The smallest absolute Gasteiger partial charge is 0.175 e. The van der Waals surface area contributed by atoms with Gasteiger partial charge in [0.2, 0.25) is 0 Å². The van der Waals surface area contributed by atoms with Crippen LogP contribution in [-0.4, -0.2) is 28.8 Å². The molecule has 4 nitrogen and oxygen atoms in total. The molecule has 0 radical (unpaired) electrons. The molecule has 0 aliphatic carbocycles. The Morgan fingerprint density at radius 1 is 1.20 bits per heavy atom. The van der Waals surface area contributed by atoms with Gasteiger partial charge < -0.3 is 10.5 Å². The fourth-order valence-corrected chi connectivity index (χ4v) is 4.41. The summed E-state index contributed by atoms with van der Waals surface area (Å²) in [6, 6.07) is 7.84. The fraction of sp³-hybridized carbons (Fsp3) is 0.385. The number of rotatable bonds is 6. The van der Waals surface area contributed by atoms with Crippen molar-refractivity contribution < 1.29 is 4.74 Å². The molecule has 1 heterocycles. The number of hydrogen-bond acceptors (Lipinski definition) is 7. The summed E-state index contributed by atoms with van der Waals surface area (Å²) in [7, 11) is 1.66. The van der Waals surface area contributed by atoms with Crippen molar-refractivity contribution in [2.75, 3.05) is 13.4 Å². The molecule has 0 amide bonds. The molecule has 0 bridgehead atoms. The third kappa shape index (κ3) is 3.88. The van der Waals surface area contributed by atoms with E-state index in [0.717, 1.165) is 20.0 Å². The van der Waals surface area contributed by atoms with Gasteiger partial charge in [0.1, 0.15) is 5.75 Å². The number of hydrogen-bond donors (Lipinski definition) is 1. The summed E-state index contributed by atoms with van der Waals surface area (Å²) in [5.74, 6) is 0.843. The predicted molar refractivity (Wildman–Crippen MR) is 86.9 cm³/mol. The first-order valence-electron chi connectivity index (χ1n) is 6.07. The van der Waals surface area contributed by atoms with Gasteiger partial charge in [-0.05, 0) is 24.0 Å². The van der Waals surface area contributed by atoms with Gasteiger partial charge in [-0.1, -0.05) is 53.9 Å². The molecule has 20 heavy (non-hydrogen) atoms. The van der Waals surface area contributed by atoms with E-state index in [1.54, 1.807) is 42.0 Å². The van der Waals surface area contributed by atoms with Gasteiger partial charge in [0, 0.05) is 11.3 Å². The number of benzene rings is 1.